The highest BCUT2D eigenvalue weighted by Crippen LogP contribution is 2.18. The van der Waals surface area contributed by atoms with Crippen molar-refractivity contribution in [3.8, 4) is 5.75 Å². The molecule has 4 heteroatoms. The Kier molecular flexibility index (Phi) is 3.98. The van der Waals surface area contributed by atoms with Crippen LogP contribution in [-0.2, 0) is 4.74 Å². The summed E-state index contributed by atoms with van der Waals surface area (Å²) in [6.45, 7) is 1.97. The van der Waals surface area contributed by atoms with Crippen molar-refractivity contribution in [2.45, 2.75) is 18.9 Å². The second kappa shape index (κ2) is 5.68. The molecule has 1 saturated heterocycles. The molecule has 0 spiro atoms. The molecule has 0 atom stereocenters. The summed E-state index contributed by atoms with van der Waals surface area (Å²) in [5, 5.41) is 3.29. The molecule has 0 bridgehead atoms. The number of esters is 1. The normalized spacial score (nSPS) is 16.5. The van der Waals surface area contributed by atoms with Crippen LogP contribution in [0.1, 0.15) is 23.2 Å². The van der Waals surface area contributed by atoms with Gasteiger partial charge in [-0.05, 0) is 44.1 Å². The van der Waals surface area contributed by atoms with Gasteiger partial charge in [-0.2, -0.15) is 0 Å². The van der Waals surface area contributed by atoms with Crippen molar-refractivity contribution in [2.75, 3.05) is 20.2 Å². The van der Waals surface area contributed by atoms with Gasteiger partial charge in [0.05, 0.1) is 12.7 Å². The van der Waals surface area contributed by atoms with Crippen molar-refractivity contribution in [2.24, 2.45) is 0 Å². The molecule has 1 fully saturated rings. The second-order valence-electron chi connectivity index (χ2n) is 4.09. The maximum Gasteiger partial charge on any atom is 0.337 e. The summed E-state index contributed by atoms with van der Waals surface area (Å²) in [7, 11) is 1.38. The lowest BCUT2D eigenvalue weighted by molar-refractivity contribution is 0.0599. The molecule has 92 valence electrons. The topological polar surface area (TPSA) is 47.6 Å². The van der Waals surface area contributed by atoms with Crippen molar-refractivity contribution in [1.82, 2.24) is 5.32 Å². The van der Waals surface area contributed by atoms with Crippen LogP contribution in [0.4, 0.5) is 0 Å². The SMILES string of the molecule is COC(=O)c1cccc(OC2CCNCC2)c1. The van der Waals surface area contributed by atoms with E-state index in [1.807, 2.05) is 12.1 Å². The number of nitrogens with one attached hydrogen (secondary N) is 1. The molecule has 1 N–H and O–H groups in total. The van der Waals surface area contributed by atoms with Crippen LogP contribution in [-0.4, -0.2) is 32.3 Å². The third-order valence-electron chi connectivity index (χ3n) is 2.84. The molecule has 2 rings (SSSR count). The second-order valence-corrected chi connectivity index (χ2v) is 4.09. The van der Waals surface area contributed by atoms with E-state index in [2.05, 4.69) is 10.1 Å². The first-order valence-corrected chi connectivity index (χ1v) is 5.85. The zero-order valence-corrected chi connectivity index (χ0v) is 9.94. The minimum atomic E-state index is -0.333. The molecule has 0 aliphatic carbocycles. The fourth-order valence-corrected chi connectivity index (χ4v) is 1.92. The molecule has 0 radical (unpaired) electrons. The van der Waals surface area contributed by atoms with Gasteiger partial charge in [-0.3, -0.25) is 0 Å². The summed E-state index contributed by atoms with van der Waals surface area (Å²) < 4.78 is 10.5. The number of piperidine rings is 1. The van der Waals surface area contributed by atoms with E-state index < -0.39 is 0 Å². The zero-order valence-electron chi connectivity index (χ0n) is 9.94. The Morgan fingerprint density at radius 1 is 1.35 bits per heavy atom. The van der Waals surface area contributed by atoms with Crippen molar-refractivity contribution in [1.29, 1.82) is 0 Å². The summed E-state index contributed by atoms with van der Waals surface area (Å²) >= 11 is 0. The molecule has 0 saturated carbocycles. The van der Waals surface area contributed by atoms with E-state index in [4.69, 9.17) is 4.74 Å². The summed E-state index contributed by atoms with van der Waals surface area (Å²) in [6, 6.07) is 7.13. The van der Waals surface area contributed by atoms with Crippen LogP contribution >= 0.6 is 0 Å². The van der Waals surface area contributed by atoms with Crippen LogP contribution in [0.25, 0.3) is 0 Å². The number of rotatable bonds is 3. The number of benzene rings is 1. The molecule has 0 amide bonds. The van der Waals surface area contributed by atoms with Gasteiger partial charge >= 0.3 is 5.97 Å². The molecule has 0 aromatic heterocycles. The average molecular weight is 235 g/mol. The molecule has 1 aromatic carbocycles. The van der Waals surface area contributed by atoms with Gasteiger partial charge in [-0.15, -0.1) is 0 Å². The van der Waals surface area contributed by atoms with Gasteiger partial charge in [-0.25, -0.2) is 4.79 Å². The van der Waals surface area contributed by atoms with Gasteiger partial charge in [0.25, 0.3) is 0 Å². The zero-order chi connectivity index (χ0) is 12.1. The van der Waals surface area contributed by atoms with Crippen LogP contribution in [0.5, 0.6) is 5.75 Å². The molecule has 1 aromatic rings. The number of carbonyl (C=O) groups is 1. The van der Waals surface area contributed by atoms with Gasteiger partial charge in [0.15, 0.2) is 0 Å². The first-order chi connectivity index (χ1) is 8.29. The van der Waals surface area contributed by atoms with E-state index in [1.165, 1.54) is 7.11 Å². The van der Waals surface area contributed by atoms with Crippen molar-refractivity contribution >= 4 is 5.97 Å². The summed E-state index contributed by atoms with van der Waals surface area (Å²) in [5.74, 6) is 0.403. The van der Waals surface area contributed by atoms with Gasteiger partial charge in [0.1, 0.15) is 11.9 Å². The number of methoxy groups -OCH3 is 1. The number of carbonyl (C=O) groups excluding carboxylic acids is 1. The lowest BCUT2D eigenvalue weighted by Gasteiger charge is -2.23. The minimum absolute atomic E-state index is 0.240. The van der Waals surface area contributed by atoms with E-state index in [9.17, 15) is 4.79 Å². The van der Waals surface area contributed by atoms with Crippen LogP contribution in [0.15, 0.2) is 24.3 Å². The van der Waals surface area contributed by atoms with Crippen molar-refractivity contribution in [3.63, 3.8) is 0 Å². The third kappa shape index (κ3) is 3.20. The van der Waals surface area contributed by atoms with Gasteiger partial charge < -0.3 is 14.8 Å². The molecular weight excluding hydrogens is 218 g/mol. The summed E-state index contributed by atoms with van der Waals surface area (Å²) in [6.07, 6.45) is 2.24. The smallest absolute Gasteiger partial charge is 0.337 e. The lowest BCUT2D eigenvalue weighted by atomic mass is 10.1. The monoisotopic (exact) mass is 235 g/mol. The van der Waals surface area contributed by atoms with Crippen LogP contribution in [0.3, 0.4) is 0 Å². The predicted molar refractivity (Wildman–Crippen MR) is 64.3 cm³/mol. The highest BCUT2D eigenvalue weighted by Gasteiger charge is 2.15. The van der Waals surface area contributed by atoms with E-state index >= 15 is 0 Å². The Morgan fingerprint density at radius 3 is 2.82 bits per heavy atom. The van der Waals surface area contributed by atoms with Crippen molar-refractivity contribution in [3.05, 3.63) is 29.8 Å². The predicted octanol–water partition coefficient (Wildman–Crippen LogP) is 1.60. The highest BCUT2D eigenvalue weighted by molar-refractivity contribution is 5.89. The number of hydrogen-bond acceptors (Lipinski definition) is 4. The fourth-order valence-electron chi connectivity index (χ4n) is 1.92. The molecule has 0 unspecified atom stereocenters. The maximum absolute atomic E-state index is 11.4. The van der Waals surface area contributed by atoms with E-state index in [0.29, 0.717) is 5.56 Å². The van der Waals surface area contributed by atoms with Crippen LogP contribution < -0.4 is 10.1 Å². The van der Waals surface area contributed by atoms with Crippen LogP contribution in [0, 0.1) is 0 Å². The lowest BCUT2D eigenvalue weighted by Crippen LogP contribution is -2.34. The minimum Gasteiger partial charge on any atom is -0.490 e. The Labute approximate surface area is 101 Å². The van der Waals surface area contributed by atoms with Crippen LogP contribution in [0.2, 0.25) is 0 Å². The maximum atomic E-state index is 11.4. The number of ether oxygens (including phenoxy) is 2. The number of hydrogen-bond donors (Lipinski definition) is 1. The fraction of sp³-hybridized carbons (Fsp3) is 0.462. The van der Waals surface area contributed by atoms with E-state index in [-0.39, 0.29) is 12.1 Å². The molecule has 1 aliphatic rings. The van der Waals surface area contributed by atoms with E-state index in [0.717, 1.165) is 31.7 Å². The molecule has 4 nitrogen and oxygen atoms in total. The molecular formula is C13H17NO3. The van der Waals surface area contributed by atoms with E-state index in [1.54, 1.807) is 12.1 Å². The largest absolute Gasteiger partial charge is 0.490 e. The van der Waals surface area contributed by atoms with Gasteiger partial charge in [0.2, 0.25) is 0 Å². The summed E-state index contributed by atoms with van der Waals surface area (Å²) in [4.78, 5) is 11.4. The first-order valence-electron chi connectivity index (χ1n) is 5.85. The average Bonchev–Trinajstić information content (AvgIpc) is 2.39. The standard InChI is InChI=1S/C13H17NO3/c1-16-13(15)10-3-2-4-12(9-10)17-11-5-7-14-8-6-11/h2-4,9,11,14H,5-8H2,1H3. The molecule has 1 heterocycles. The Hall–Kier alpha value is -1.55. The Bertz CT molecular complexity index is 386. The van der Waals surface area contributed by atoms with Crippen molar-refractivity contribution < 1.29 is 14.3 Å². The molecule has 17 heavy (non-hydrogen) atoms. The first kappa shape index (κ1) is 11.9. The molecule has 1 aliphatic heterocycles. The summed E-state index contributed by atoms with van der Waals surface area (Å²) in [5.41, 5.74) is 0.527. The Balaban J connectivity index is 2.02. The van der Waals surface area contributed by atoms with Gasteiger partial charge in [0, 0.05) is 0 Å². The third-order valence-corrected chi connectivity index (χ3v) is 2.84. The van der Waals surface area contributed by atoms with Gasteiger partial charge in [-0.1, -0.05) is 6.07 Å². The highest BCUT2D eigenvalue weighted by atomic mass is 16.5. The quantitative estimate of drug-likeness (QED) is 0.808. The Morgan fingerprint density at radius 2 is 2.12 bits per heavy atom.